The van der Waals surface area contributed by atoms with Crippen molar-refractivity contribution < 1.29 is 36.9 Å². The Bertz CT molecular complexity index is 1990. The zero-order valence-corrected chi connectivity index (χ0v) is 30.8. The van der Waals surface area contributed by atoms with Gasteiger partial charge in [0, 0.05) is 79.8 Å². The van der Waals surface area contributed by atoms with Gasteiger partial charge in [0.15, 0.2) is 0 Å². The lowest BCUT2D eigenvalue weighted by atomic mass is 9.98. The fraction of sp³-hybridized carbons (Fsp3) is 0.436. The normalized spacial score (nSPS) is 18.7. The van der Waals surface area contributed by atoms with Crippen molar-refractivity contribution in [1.82, 2.24) is 30.9 Å². The minimum atomic E-state index is -4.71. The molecular weight excluding hydrogens is 725 g/mol. The number of alkyl halides is 3. The first kappa shape index (κ1) is 37.8. The van der Waals surface area contributed by atoms with Gasteiger partial charge in [0.25, 0.3) is 0 Å². The third-order valence-electron chi connectivity index (χ3n) is 10.1. The number of amides is 1. The summed E-state index contributed by atoms with van der Waals surface area (Å²) in [6.45, 7) is 2.52. The van der Waals surface area contributed by atoms with Gasteiger partial charge in [-0.25, -0.2) is 4.98 Å². The van der Waals surface area contributed by atoms with Crippen molar-refractivity contribution in [3.63, 3.8) is 0 Å². The van der Waals surface area contributed by atoms with Crippen LogP contribution in [0.5, 0.6) is 17.6 Å². The number of halogens is 4. The van der Waals surface area contributed by atoms with Crippen LogP contribution in [0.15, 0.2) is 48.7 Å². The van der Waals surface area contributed by atoms with Crippen LogP contribution in [0.2, 0.25) is 5.02 Å². The average molecular weight is 767 g/mol. The molecule has 7 rings (SSSR count). The van der Waals surface area contributed by atoms with Gasteiger partial charge >= 0.3 is 6.18 Å². The van der Waals surface area contributed by atoms with Crippen LogP contribution in [0.1, 0.15) is 66.0 Å². The monoisotopic (exact) mass is 766 g/mol. The number of ether oxygens (including phenoxy) is 4. The second-order valence-electron chi connectivity index (χ2n) is 13.6. The van der Waals surface area contributed by atoms with Crippen molar-refractivity contribution in [2.75, 3.05) is 34.0 Å². The molecule has 54 heavy (non-hydrogen) atoms. The summed E-state index contributed by atoms with van der Waals surface area (Å²) in [7, 11) is 2.94. The van der Waals surface area contributed by atoms with Crippen LogP contribution in [0.4, 0.5) is 13.2 Å². The van der Waals surface area contributed by atoms with E-state index in [-0.39, 0.29) is 30.4 Å². The number of benzene rings is 1. The van der Waals surface area contributed by atoms with Crippen molar-refractivity contribution in [1.29, 1.82) is 0 Å². The van der Waals surface area contributed by atoms with Gasteiger partial charge in [0.2, 0.25) is 23.5 Å². The second kappa shape index (κ2) is 16.5. The number of aromatic nitrogens is 3. The molecule has 4 aromatic rings. The molecule has 1 aliphatic carbocycles. The van der Waals surface area contributed by atoms with Crippen molar-refractivity contribution in [2.45, 2.75) is 76.0 Å². The standard InChI is InChI=1S/C39H42ClF3N6O5/c1-51-36-22(19-44-21-25-7-11-33(50)47-25)6-9-31(48-36)29-12-15-45-35(34(29)40)28-5-3-4-27-26(28)8-10-32(27)54-38-30(39(41,42)43)18-23(37(49-38)52-2)20-46-24-13-16-53-17-14-24/h3-6,9,12,15,18,24-25,32,44,46H,7-8,10-11,13-14,16-17,19-21H2,1-2H3,(H,47,50)/t25-,32-/m0/s1. The summed E-state index contributed by atoms with van der Waals surface area (Å²) in [5, 5.41) is 10.0. The number of hydrogen-bond acceptors (Lipinski definition) is 10. The summed E-state index contributed by atoms with van der Waals surface area (Å²) in [5.74, 6) is 0.0595. The van der Waals surface area contributed by atoms with Crippen LogP contribution in [0.3, 0.4) is 0 Å². The molecule has 2 fully saturated rings. The highest BCUT2D eigenvalue weighted by molar-refractivity contribution is 6.35. The van der Waals surface area contributed by atoms with E-state index < -0.39 is 23.7 Å². The average Bonchev–Trinajstić information content (AvgIpc) is 3.79. The fourth-order valence-electron chi connectivity index (χ4n) is 7.34. The first-order chi connectivity index (χ1) is 26.1. The molecule has 1 amide bonds. The number of nitrogens with zero attached hydrogens (tertiary/aromatic N) is 3. The van der Waals surface area contributed by atoms with Crippen molar-refractivity contribution in [3.05, 3.63) is 81.5 Å². The number of nitrogens with one attached hydrogen (secondary N) is 3. The van der Waals surface area contributed by atoms with Gasteiger partial charge in [-0.15, -0.1) is 0 Å². The van der Waals surface area contributed by atoms with E-state index in [0.29, 0.717) is 79.0 Å². The topological polar surface area (TPSA) is 129 Å². The Kier molecular flexibility index (Phi) is 11.5. The molecule has 0 radical (unpaired) electrons. The summed E-state index contributed by atoms with van der Waals surface area (Å²) in [6.07, 6.45) is 0.116. The van der Waals surface area contributed by atoms with Crippen molar-refractivity contribution >= 4 is 17.5 Å². The summed E-state index contributed by atoms with van der Waals surface area (Å²) in [6, 6.07) is 12.5. The minimum Gasteiger partial charge on any atom is -0.481 e. The maximum Gasteiger partial charge on any atom is 0.421 e. The van der Waals surface area contributed by atoms with E-state index in [2.05, 4.69) is 25.9 Å². The van der Waals surface area contributed by atoms with E-state index in [1.807, 2.05) is 30.3 Å². The molecular formula is C39H42ClF3N6O5. The summed E-state index contributed by atoms with van der Waals surface area (Å²) < 4.78 is 66.0. The van der Waals surface area contributed by atoms with Crippen LogP contribution in [0, 0.1) is 0 Å². The van der Waals surface area contributed by atoms with Crippen LogP contribution in [-0.4, -0.2) is 66.9 Å². The van der Waals surface area contributed by atoms with Crippen LogP contribution in [-0.2, 0) is 35.2 Å². The summed E-state index contributed by atoms with van der Waals surface area (Å²) in [5.41, 5.74) is 4.34. The Labute approximate surface area is 316 Å². The van der Waals surface area contributed by atoms with Crippen LogP contribution < -0.4 is 30.2 Å². The molecule has 3 N–H and O–H groups in total. The lowest BCUT2D eigenvalue weighted by molar-refractivity contribution is -0.139. The zero-order chi connectivity index (χ0) is 37.8. The number of rotatable bonds is 13. The largest absolute Gasteiger partial charge is 0.481 e. The molecule has 0 spiro atoms. The molecule has 3 aliphatic rings. The van der Waals surface area contributed by atoms with Gasteiger partial charge in [-0.1, -0.05) is 35.9 Å². The lowest BCUT2D eigenvalue weighted by Crippen LogP contribution is -2.35. The highest BCUT2D eigenvalue weighted by atomic mass is 35.5. The summed E-state index contributed by atoms with van der Waals surface area (Å²) >= 11 is 7.06. The molecule has 5 heterocycles. The Morgan fingerprint density at radius 2 is 1.72 bits per heavy atom. The predicted octanol–water partition coefficient (Wildman–Crippen LogP) is 6.60. The molecule has 2 saturated heterocycles. The molecule has 11 nitrogen and oxygen atoms in total. The van der Waals surface area contributed by atoms with Gasteiger partial charge in [-0.05, 0) is 61.4 Å². The first-order valence-electron chi connectivity index (χ1n) is 18.1. The quantitative estimate of drug-likeness (QED) is 0.137. The molecule has 0 unspecified atom stereocenters. The SMILES string of the molecule is COc1nc(-c2ccnc(-c3cccc4c3CC[C@@H]4Oc3nc(OC)c(CNC4CCOCC4)cc3C(F)(F)F)c2Cl)ccc1CNC[C@@H]1CCC(=O)N1. The predicted molar refractivity (Wildman–Crippen MR) is 195 cm³/mol. The molecule has 1 aromatic carbocycles. The number of pyridine rings is 3. The van der Waals surface area contributed by atoms with Gasteiger partial charge in [0.1, 0.15) is 11.7 Å². The highest BCUT2D eigenvalue weighted by Crippen LogP contribution is 2.45. The summed E-state index contributed by atoms with van der Waals surface area (Å²) in [4.78, 5) is 25.2. The van der Waals surface area contributed by atoms with Crippen molar-refractivity contribution in [3.8, 4) is 40.2 Å². The Morgan fingerprint density at radius 3 is 2.46 bits per heavy atom. The molecule has 286 valence electrons. The van der Waals surface area contributed by atoms with Crippen LogP contribution >= 0.6 is 11.6 Å². The number of carbonyl (C=O) groups is 1. The van der Waals surface area contributed by atoms with Crippen molar-refractivity contribution in [2.24, 2.45) is 0 Å². The maximum absolute atomic E-state index is 14.5. The van der Waals surface area contributed by atoms with E-state index in [1.54, 1.807) is 19.4 Å². The number of methoxy groups -OCH3 is 2. The number of carbonyl (C=O) groups excluding carboxylic acids is 1. The van der Waals surface area contributed by atoms with E-state index in [4.69, 9.17) is 35.5 Å². The second-order valence-corrected chi connectivity index (χ2v) is 14.0. The molecule has 3 aromatic heterocycles. The van der Waals surface area contributed by atoms with Gasteiger partial charge in [0.05, 0.1) is 30.6 Å². The molecule has 2 atom stereocenters. The maximum atomic E-state index is 14.5. The highest BCUT2D eigenvalue weighted by Gasteiger charge is 2.39. The van der Waals surface area contributed by atoms with Gasteiger partial charge < -0.3 is 34.9 Å². The third-order valence-corrected chi connectivity index (χ3v) is 10.5. The Balaban J connectivity index is 1.12. The van der Waals surface area contributed by atoms with E-state index >= 15 is 0 Å². The number of fused-ring (bicyclic) bond motifs is 1. The van der Waals surface area contributed by atoms with Crippen LogP contribution in [0.25, 0.3) is 22.5 Å². The first-order valence-corrected chi connectivity index (χ1v) is 18.4. The smallest absolute Gasteiger partial charge is 0.421 e. The molecule has 0 saturated carbocycles. The number of hydrogen-bond donors (Lipinski definition) is 3. The van der Waals surface area contributed by atoms with E-state index in [1.165, 1.54) is 7.11 Å². The zero-order valence-electron chi connectivity index (χ0n) is 30.0. The fourth-order valence-corrected chi connectivity index (χ4v) is 7.65. The third kappa shape index (κ3) is 8.26. The molecule has 15 heteroatoms. The van der Waals surface area contributed by atoms with Gasteiger partial charge in [-0.2, -0.15) is 18.2 Å². The lowest BCUT2D eigenvalue weighted by Gasteiger charge is -2.24. The molecule has 2 aliphatic heterocycles. The van der Waals surface area contributed by atoms with E-state index in [9.17, 15) is 18.0 Å². The van der Waals surface area contributed by atoms with Gasteiger partial charge in [-0.3, -0.25) is 9.78 Å². The van der Waals surface area contributed by atoms with E-state index in [0.717, 1.165) is 47.6 Å². The Hall–Kier alpha value is -4.50. The molecule has 0 bridgehead atoms. The minimum absolute atomic E-state index is 0.0706. The Morgan fingerprint density at radius 1 is 0.926 bits per heavy atom.